The van der Waals surface area contributed by atoms with Gasteiger partial charge in [-0.3, -0.25) is 4.68 Å². The Labute approximate surface area is 118 Å². The van der Waals surface area contributed by atoms with E-state index in [4.69, 9.17) is 5.73 Å². The highest BCUT2D eigenvalue weighted by atomic mass is 79.9. The summed E-state index contributed by atoms with van der Waals surface area (Å²) in [7, 11) is 0. The Kier molecular flexibility index (Phi) is 4.84. The first-order chi connectivity index (χ1) is 8.71. The summed E-state index contributed by atoms with van der Waals surface area (Å²) in [5, 5.41) is 4.46. The average molecular weight is 314 g/mol. The second-order valence-electron chi connectivity index (χ2n) is 5.38. The number of hydrogen-bond donors (Lipinski definition) is 1. The van der Waals surface area contributed by atoms with Crippen molar-refractivity contribution in [3.8, 4) is 0 Å². The van der Waals surface area contributed by atoms with E-state index in [2.05, 4.69) is 39.6 Å². The molecule has 0 saturated heterocycles. The monoisotopic (exact) mass is 313 g/mol. The molecule has 1 fully saturated rings. The van der Waals surface area contributed by atoms with Crippen LogP contribution in [0.15, 0.2) is 10.7 Å². The molecule has 0 radical (unpaired) electrons. The fourth-order valence-corrected chi connectivity index (χ4v) is 3.89. The lowest BCUT2D eigenvalue weighted by Gasteiger charge is -2.35. The van der Waals surface area contributed by atoms with Crippen LogP contribution < -0.4 is 5.73 Å². The summed E-state index contributed by atoms with van der Waals surface area (Å²) in [6.45, 7) is 6.19. The number of nitrogens with two attached hydrogens (primary N) is 1. The van der Waals surface area contributed by atoms with Crippen LogP contribution in [0.1, 0.15) is 51.1 Å². The lowest BCUT2D eigenvalue weighted by Crippen LogP contribution is -2.30. The van der Waals surface area contributed by atoms with Crippen LogP contribution in [0.25, 0.3) is 0 Å². The molecule has 0 spiro atoms. The Balaban J connectivity index is 2.29. The molecule has 1 aromatic heterocycles. The number of rotatable bonds is 4. The van der Waals surface area contributed by atoms with Gasteiger partial charge in [0.2, 0.25) is 0 Å². The van der Waals surface area contributed by atoms with Gasteiger partial charge < -0.3 is 5.73 Å². The van der Waals surface area contributed by atoms with Crippen LogP contribution in [0.2, 0.25) is 0 Å². The van der Waals surface area contributed by atoms with E-state index < -0.39 is 0 Å². The molecule has 0 aromatic carbocycles. The third kappa shape index (κ3) is 2.64. The van der Waals surface area contributed by atoms with Crippen molar-refractivity contribution >= 4 is 15.9 Å². The largest absolute Gasteiger partial charge is 0.330 e. The number of nitrogens with zero attached hydrogens (tertiary/aromatic N) is 2. The predicted molar refractivity (Wildman–Crippen MR) is 78.5 cm³/mol. The number of aryl methyl sites for hydroxylation is 1. The van der Waals surface area contributed by atoms with Crippen molar-refractivity contribution in [2.24, 2.45) is 17.6 Å². The lowest BCUT2D eigenvalue weighted by atomic mass is 9.72. The van der Waals surface area contributed by atoms with Crippen LogP contribution in [0, 0.1) is 11.8 Å². The predicted octanol–water partition coefficient (Wildman–Crippen LogP) is 3.53. The summed E-state index contributed by atoms with van der Waals surface area (Å²) in [4.78, 5) is 0. The van der Waals surface area contributed by atoms with Crippen LogP contribution >= 0.6 is 15.9 Å². The fourth-order valence-electron chi connectivity index (χ4n) is 3.30. The summed E-state index contributed by atoms with van der Waals surface area (Å²) in [6, 6.07) is 0. The molecule has 0 bridgehead atoms. The second-order valence-corrected chi connectivity index (χ2v) is 6.24. The third-order valence-electron chi connectivity index (χ3n) is 4.47. The van der Waals surface area contributed by atoms with Crippen molar-refractivity contribution in [1.82, 2.24) is 9.78 Å². The molecule has 102 valence electrons. The molecule has 1 aliphatic rings. The van der Waals surface area contributed by atoms with Gasteiger partial charge in [0.15, 0.2) is 0 Å². The first kappa shape index (κ1) is 14.1. The summed E-state index contributed by atoms with van der Waals surface area (Å²) >= 11 is 3.67. The zero-order valence-corrected chi connectivity index (χ0v) is 13.0. The minimum atomic E-state index is 0.575. The molecule has 3 unspecified atom stereocenters. The van der Waals surface area contributed by atoms with E-state index in [1.807, 2.05) is 6.20 Å². The zero-order chi connectivity index (χ0) is 13.1. The van der Waals surface area contributed by atoms with E-state index >= 15 is 0 Å². The van der Waals surface area contributed by atoms with Gasteiger partial charge in [-0.1, -0.05) is 19.8 Å². The van der Waals surface area contributed by atoms with Gasteiger partial charge in [0, 0.05) is 12.5 Å². The molecule has 4 heteroatoms. The minimum absolute atomic E-state index is 0.575. The molecule has 1 saturated carbocycles. The van der Waals surface area contributed by atoms with Gasteiger partial charge in [-0.05, 0) is 54.1 Å². The Morgan fingerprint density at radius 2 is 2.22 bits per heavy atom. The smallest absolute Gasteiger partial charge is 0.0635 e. The number of aromatic nitrogens is 2. The van der Waals surface area contributed by atoms with Gasteiger partial charge in [-0.25, -0.2) is 0 Å². The summed E-state index contributed by atoms with van der Waals surface area (Å²) in [5.74, 6) is 2.04. The highest BCUT2D eigenvalue weighted by Gasteiger charge is 2.33. The van der Waals surface area contributed by atoms with Crippen LogP contribution in [-0.4, -0.2) is 16.3 Å². The molecule has 0 amide bonds. The van der Waals surface area contributed by atoms with E-state index in [-0.39, 0.29) is 0 Å². The Hall–Kier alpha value is -0.350. The minimum Gasteiger partial charge on any atom is -0.330 e. The molecular formula is C14H24BrN3. The SMILES string of the molecule is CCC1CCC(CN)C(c2c(Br)cnn2CC)C1. The van der Waals surface area contributed by atoms with Crippen LogP contribution in [-0.2, 0) is 6.54 Å². The van der Waals surface area contributed by atoms with Gasteiger partial charge in [0.25, 0.3) is 0 Å². The Morgan fingerprint density at radius 3 is 2.83 bits per heavy atom. The molecule has 1 aliphatic carbocycles. The molecule has 1 heterocycles. The first-order valence-corrected chi connectivity index (χ1v) is 7.91. The van der Waals surface area contributed by atoms with E-state index in [0.29, 0.717) is 11.8 Å². The van der Waals surface area contributed by atoms with Gasteiger partial charge in [-0.15, -0.1) is 0 Å². The molecule has 18 heavy (non-hydrogen) atoms. The average Bonchev–Trinajstić information content (AvgIpc) is 2.78. The van der Waals surface area contributed by atoms with Crippen molar-refractivity contribution in [3.63, 3.8) is 0 Å². The third-order valence-corrected chi connectivity index (χ3v) is 5.08. The van der Waals surface area contributed by atoms with Crippen LogP contribution in [0.5, 0.6) is 0 Å². The van der Waals surface area contributed by atoms with Crippen molar-refractivity contribution in [2.45, 2.75) is 52.0 Å². The highest BCUT2D eigenvalue weighted by Crippen LogP contribution is 2.43. The van der Waals surface area contributed by atoms with Crippen molar-refractivity contribution in [3.05, 3.63) is 16.4 Å². The maximum Gasteiger partial charge on any atom is 0.0635 e. The van der Waals surface area contributed by atoms with E-state index in [0.717, 1.165) is 23.5 Å². The molecule has 2 rings (SSSR count). The number of hydrogen-bond acceptors (Lipinski definition) is 2. The van der Waals surface area contributed by atoms with Crippen LogP contribution in [0.3, 0.4) is 0 Å². The van der Waals surface area contributed by atoms with E-state index in [1.54, 1.807) is 0 Å². The van der Waals surface area contributed by atoms with E-state index in [9.17, 15) is 0 Å². The maximum atomic E-state index is 5.98. The van der Waals surface area contributed by atoms with Gasteiger partial charge >= 0.3 is 0 Å². The van der Waals surface area contributed by atoms with E-state index in [1.165, 1.54) is 31.4 Å². The Morgan fingerprint density at radius 1 is 1.44 bits per heavy atom. The molecule has 3 atom stereocenters. The van der Waals surface area contributed by atoms with Crippen molar-refractivity contribution in [2.75, 3.05) is 6.54 Å². The maximum absolute atomic E-state index is 5.98. The molecule has 1 aromatic rings. The highest BCUT2D eigenvalue weighted by molar-refractivity contribution is 9.10. The normalized spacial score (nSPS) is 28.6. The van der Waals surface area contributed by atoms with Gasteiger partial charge in [0.1, 0.15) is 0 Å². The fraction of sp³-hybridized carbons (Fsp3) is 0.786. The standard InChI is InChI=1S/C14H24BrN3/c1-3-10-5-6-11(8-16)12(7-10)14-13(15)9-17-18(14)4-2/h9-12H,3-8,16H2,1-2H3. The Bertz CT molecular complexity index is 388. The number of halogens is 1. The summed E-state index contributed by atoms with van der Waals surface area (Å²) < 4.78 is 3.29. The first-order valence-electron chi connectivity index (χ1n) is 7.12. The lowest BCUT2D eigenvalue weighted by molar-refractivity contribution is 0.227. The molecular weight excluding hydrogens is 290 g/mol. The molecule has 3 nitrogen and oxygen atoms in total. The zero-order valence-electron chi connectivity index (χ0n) is 11.4. The molecule has 2 N–H and O–H groups in total. The van der Waals surface area contributed by atoms with Gasteiger partial charge in [-0.2, -0.15) is 5.10 Å². The van der Waals surface area contributed by atoms with Crippen LogP contribution in [0.4, 0.5) is 0 Å². The second kappa shape index (κ2) is 6.20. The summed E-state index contributed by atoms with van der Waals surface area (Å²) in [5.41, 5.74) is 7.35. The van der Waals surface area contributed by atoms with Crippen molar-refractivity contribution < 1.29 is 0 Å². The molecule has 0 aliphatic heterocycles. The summed E-state index contributed by atoms with van der Waals surface area (Å²) in [6.07, 6.45) is 7.09. The van der Waals surface area contributed by atoms with Gasteiger partial charge in [0.05, 0.1) is 16.4 Å². The topological polar surface area (TPSA) is 43.8 Å². The quantitative estimate of drug-likeness (QED) is 0.924. The van der Waals surface area contributed by atoms with Crippen molar-refractivity contribution in [1.29, 1.82) is 0 Å².